The van der Waals surface area contributed by atoms with Crippen molar-refractivity contribution >= 4 is 17.7 Å². The molecule has 0 spiro atoms. The van der Waals surface area contributed by atoms with Crippen LogP contribution in [-0.2, 0) is 4.79 Å². The van der Waals surface area contributed by atoms with Crippen molar-refractivity contribution in [2.75, 3.05) is 11.9 Å². The number of carboxylic acid groups (broad SMARTS) is 1. The fourth-order valence-corrected chi connectivity index (χ4v) is 2.24. The molecule has 0 radical (unpaired) electrons. The Hall–Kier alpha value is -2.11. The van der Waals surface area contributed by atoms with Gasteiger partial charge in [-0.1, -0.05) is 12.1 Å². The summed E-state index contributed by atoms with van der Waals surface area (Å²) in [4.78, 5) is 24.3. The minimum atomic E-state index is -1.03. The predicted molar refractivity (Wildman–Crippen MR) is 67.5 cm³/mol. The molecule has 0 bridgehead atoms. The molecule has 102 valence electrons. The van der Waals surface area contributed by atoms with Crippen LogP contribution in [0, 0.1) is 12.7 Å². The normalized spacial score (nSPS) is 18.4. The molecular formula is C13H15FN2O3. The van der Waals surface area contributed by atoms with Crippen LogP contribution in [0.3, 0.4) is 0 Å². The Kier molecular flexibility index (Phi) is 3.69. The van der Waals surface area contributed by atoms with Crippen molar-refractivity contribution in [3.8, 4) is 0 Å². The molecule has 1 aliphatic rings. The number of carbonyl (C=O) groups excluding carboxylic acids is 1. The third kappa shape index (κ3) is 2.67. The molecule has 19 heavy (non-hydrogen) atoms. The smallest absolute Gasteiger partial charge is 0.326 e. The molecule has 2 N–H and O–H groups in total. The van der Waals surface area contributed by atoms with Crippen molar-refractivity contribution in [1.29, 1.82) is 0 Å². The zero-order valence-electron chi connectivity index (χ0n) is 10.5. The van der Waals surface area contributed by atoms with E-state index in [0.29, 0.717) is 24.9 Å². The average Bonchev–Trinajstić information content (AvgIpc) is 2.83. The SMILES string of the molecule is Cc1cccc(F)c1NC(=O)N1CCCC1C(=O)O. The van der Waals surface area contributed by atoms with E-state index in [0.717, 1.165) is 0 Å². The molecule has 0 aromatic heterocycles. The molecule has 1 heterocycles. The number of hydrogen-bond acceptors (Lipinski definition) is 2. The first kappa shape index (κ1) is 13.3. The lowest BCUT2D eigenvalue weighted by Crippen LogP contribution is -2.43. The maximum atomic E-state index is 13.6. The Balaban J connectivity index is 2.15. The third-order valence-electron chi connectivity index (χ3n) is 3.25. The Labute approximate surface area is 110 Å². The number of carbonyl (C=O) groups is 2. The Morgan fingerprint density at radius 3 is 2.84 bits per heavy atom. The standard InChI is InChI=1S/C13H15FN2O3/c1-8-4-2-5-9(14)11(8)15-13(19)16-7-3-6-10(16)12(17)18/h2,4-5,10H,3,6-7H2,1H3,(H,15,19)(H,17,18). The number of likely N-dealkylation sites (tertiary alicyclic amines) is 1. The van der Waals surface area contributed by atoms with Gasteiger partial charge < -0.3 is 15.3 Å². The van der Waals surface area contributed by atoms with E-state index in [1.165, 1.54) is 11.0 Å². The van der Waals surface area contributed by atoms with Gasteiger partial charge in [-0.25, -0.2) is 14.0 Å². The maximum Gasteiger partial charge on any atom is 0.326 e. The van der Waals surface area contributed by atoms with Gasteiger partial charge in [0.1, 0.15) is 11.9 Å². The second-order valence-corrected chi connectivity index (χ2v) is 4.55. The first-order valence-electron chi connectivity index (χ1n) is 6.06. The molecule has 6 heteroatoms. The number of anilines is 1. The van der Waals surface area contributed by atoms with E-state index in [9.17, 15) is 14.0 Å². The molecule has 5 nitrogen and oxygen atoms in total. The monoisotopic (exact) mass is 266 g/mol. The summed E-state index contributed by atoms with van der Waals surface area (Å²) in [5.41, 5.74) is 0.697. The summed E-state index contributed by atoms with van der Waals surface area (Å²) in [6, 6.07) is 3.08. The maximum absolute atomic E-state index is 13.6. The number of benzene rings is 1. The second kappa shape index (κ2) is 5.26. The lowest BCUT2D eigenvalue weighted by Gasteiger charge is -2.22. The quantitative estimate of drug-likeness (QED) is 0.862. The molecule has 0 aliphatic carbocycles. The first-order valence-corrected chi connectivity index (χ1v) is 6.06. The summed E-state index contributed by atoms with van der Waals surface area (Å²) in [5.74, 6) is -1.56. The van der Waals surface area contributed by atoms with Crippen LogP contribution in [0.5, 0.6) is 0 Å². The lowest BCUT2D eigenvalue weighted by molar-refractivity contribution is -0.141. The van der Waals surface area contributed by atoms with Crippen molar-refractivity contribution in [1.82, 2.24) is 4.90 Å². The van der Waals surface area contributed by atoms with E-state index < -0.39 is 23.9 Å². The van der Waals surface area contributed by atoms with E-state index in [1.54, 1.807) is 19.1 Å². The minimum Gasteiger partial charge on any atom is -0.480 e. The number of amides is 2. The highest BCUT2D eigenvalue weighted by Gasteiger charge is 2.34. The molecule has 1 aromatic rings. The molecule has 1 atom stereocenters. The summed E-state index contributed by atoms with van der Waals surface area (Å²) < 4.78 is 13.6. The number of nitrogens with zero attached hydrogens (tertiary/aromatic N) is 1. The summed E-state index contributed by atoms with van der Waals surface area (Å²) in [7, 11) is 0. The zero-order chi connectivity index (χ0) is 14.0. The van der Waals surface area contributed by atoms with Crippen molar-refractivity contribution in [2.24, 2.45) is 0 Å². The van der Waals surface area contributed by atoms with Gasteiger partial charge >= 0.3 is 12.0 Å². The summed E-state index contributed by atoms with van der Waals surface area (Å²) in [6.07, 6.45) is 1.07. The summed E-state index contributed by atoms with van der Waals surface area (Å²) in [5, 5.41) is 11.5. The van der Waals surface area contributed by atoms with Gasteiger partial charge in [0.05, 0.1) is 5.69 Å². The fraction of sp³-hybridized carbons (Fsp3) is 0.385. The molecule has 2 rings (SSSR count). The number of aryl methyl sites for hydroxylation is 1. The number of aliphatic carboxylic acids is 1. The van der Waals surface area contributed by atoms with Crippen molar-refractivity contribution in [2.45, 2.75) is 25.8 Å². The zero-order valence-corrected chi connectivity index (χ0v) is 10.5. The fourth-order valence-electron chi connectivity index (χ4n) is 2.24. The van der Waals surface area contributed by atoms with Gasteiger partial charge in [0.2, 0.25) is 0 Å². The minimum absolute atomic E-state index is 0.100. The average molecular weight is 266 g/mol. The highest BCUT2D eigenvalue weighted by atomic mass is 19.1. The van der Waals surface area contributed by atoms with Crippen LogP contribution in [0.4, 0.5) is 14.9 Å². The van der Waals surface area contributed by atoms with Gasteiger partial charge in [-0.05, 0) is 31.4 Å². The largest absolute Gasteiger partial charge is 0.480 e. The molecular weight excluding hydrogens is 251 g/mol. The topological polar surface area (TPSA) is 69.6 Å². The second-order valence-electron chi connectivity index (χ2n) is 4.55. The molecule has 1 fully saturated rings. The summed E-state index contributed by atoms with van der Waals surface area (Å²) >= 11 is 0. The van der Waals surface area contributed by atoms with Crippen LogP contribution in [0.1, 0.15) is 18.4 Å². The highest BCUT2D eigenvalue weighted by molar-refractivity contribution is 5.93. The third-order valence-corrected chi connectivity index (χ3v) is 3.25. The number of para-hydroxylation sites is 1. The Morgan fingerprint density at radius 1 is 1.47 bits per heavy atom. The number of rotatable bonds is 2. The lowest BCUT2D eigenvalue weighted by atomic mass is 10.2. The van der Waals surface area contributed by atoms with Gasteiger partial charge in [0.15, 0.2) is 0 Å². The first-order chi connectivity index (χ1) is 9.00. The van der Waals surface area contributed by atoms with Crippen LogP contribution in [0.2, 0.25) is 0 Å². The van der Waals surface area contributed by atoms with E-state index in [2.05, 4.69) is 5.32 Å². The molecule has 0 saturated carbocycles. The number of hydrogen-bond donors (Lipinski definition) is 2. The number of urea groups is 1. The van der Waals surface area contributed by atoms with E-state index >= 15 is 0 Å². The van der Waals surface area contributed by atoms with Crippen LogP contribution >= 0.6 is 0 Å². The number of halogens is 1. The molecule has 1 aromatic carbocycles. The van der Waals surface area contributed by atoms with Gasteiger partial charge in [-0.15, -0.1) is 0 Å². The highest BCUT2D eigenvalue weighted by Crippen LogP contribution is 2.22. The molecule has 1 unspecified atom stereocenters. The Bertz CT molecular complexity index is 498. The number of nitrogens with one attached hydrogen (secondary N) is 1. The molecule has 2 amide bonds. The van der Waals surface area contributed by atoms with E-state index in [1.807, 2.05) is 0 Å². The summed E-state index contributed by atoms with van der Waals surface area (Å²) in [6.45, 7) is 2.05. The van der Waals surface area contributed by atoms with Gasteiger partial charge in [0.25, 0.3) is 0 Å². The van der Waals surface area contributed by atoms with Gasteiger partial charge in [-0.2, -0.15) is 0 Å². The van der Waals surface area contributed by atoms with Gasteiger partial charge in [-0.3, -0.25) is 0 Å². The molecule has 1 aliphatic heterocycles. The van der Waals surface area contributed by atoms with E-state index in [4.69, 9.17) is 5.11 Å². The van der Waals surface area contributed by atoms with Crippen molar-refractivity contribution in [3.63, 3.8) is 0 Å². The number of carboxylic acids is 1. The molecule has 1 saturated heterocycles. The van der Waals surface area contributed by atoms with Crippen LogP contribution in [0.15, 0.2) is 18.2 Å². The van der Waals surface area contributed by atoms with E-state index in [-0.39, 0.29) is 5.69 Å². The Morgan fingerprint density at radius 2 is 2.21 bits per heavy atom. The van der Waals surface area contributed by atoms with Crippen molar-refractivity contribution in [3.05, 3.63) is 29.6 Å². The van der Waals surface area contributed by atoms with Crippen molar-refractivity contribution < 1.29 is 19.1 Å². The van der Waals surface area contributed by atoms with Crippen LogP contribution in [0.25, 0.3) is 0 Å². The predicted octanol–water partition coefficient (Wildman–Crippen LogP) is 2.22. The van der Waals surface area contributed by atoms with Gasteiger partial charge in [0, 0.05) is 6.54 Å². The van der Waals surface area contributed by atoms with Crippen LogP contribution < -0.4 is 5.32 Å². The van der Waals surface area contributed by atoms with Crippen LogP contribution in [-0.4, -0.2) is 34.6 Å².